The first-order valence-electron chi connectivity index (χ1n) is 15.6. The van der Waals surface area contributed by atoms with Crippen molar-refractivity contribution in [2.24, 2.45) is 0 Å². The highest BCUT2D eigenvalue weighted by Crippen LogP contribution is 2.39. The van der Waals surface area contributed by atoms with Crippen LogP contribution in [-0.4, -0.2) is 32.0 Å². The van der Waals surface area contributed by atoms with Crippen molar-refractivity contribution in [3.63, 3.8) is 0 Å². The highest BCUT2D eigenvalue weighted by atomic mass is 19.2. The van der Waals surface area contributed by atoms with Crippen molar-refractivity contribution in [2.45, 2.75) is 13.1 Å². The van der Waals surface area contributed by atoms with Crippen LogP contribution in [0.2, 0.25) is 0 Å². The van der Waals surface area contributed by atoms with E-state index < -0.39 is 46.8 Å². The third-order valence-corrected chi connectivity index (χ3v) is 7.56. The van der Waals surface area contributed by atoms with E-state index in [1.165, 1.54) is 48.5 Å². The van der Waals surface area contributed by atoms with Crippen molar-refractivity contribution < 1.29 is 36.6 Å². The fraction of sp³-hybridized carbons (Fsp3) is 0.0556. The first kappa shape index (κ1) is 33.4. The number of amides is 4. The average Bonchev–Trinajstić information content (AvgIpc) is 3.78. The Bertz CT molecular complexity index is 2150. The number of halogens is 4. The summed E-state index contributed by atoms with van der Waals surface area (Å²) in [7, 11) is 0. The standard InChI is InChI=1S/C36H26F4N8O4/c37-29-31(39)34(52-22-15-11-20(12-16-22)44-36(50)42-18-28-47-25-7-3-4-8-26(25)48-28)32(40)30(38)33(29)51-21-13-9-19(10-14-21)43-35(49)41-17-27-45-23-5-1-2-6-24(23)46-27/h1-16H,17-18H2,(H,45,46)(H,47,48)(H2,41,43,49)(H2,42,44,50). The number of aromatic amines is 2. The summed E-state index contributed by atoms with van der Waals surface area (Å²) in [6.07, 6.45) is 0. The summed E-state index contributed by atoms with van der Waals surface area (Å²) >= 11 is 0. The van der Waals surface area contributed by atoms with Gasteiger partial charge in [-0.05, 0) is 72.8 Å². The van der Waals surface area contributed by atoms with Crippen molar-refractivity contribution in [1.82, 2.24) is 30.6 Å². The molecule has 0 bridgehead atoms. The average molecular weight is 711 g/mol. The molecule has 7 rings (SSSR count). The Labute approximate surface area is 291 Å². The molecule has 262 valence electrons. The first-order valence-corrected chi connectivity index (χ1v) is 15.6. The molecule has 0 atom stereocenters. The monoisotopic (exact) mass is 710 g/mol. The minimum absolute atomic E-state index is 0.115. The molecule has 0 fully saturated rings. The van der Waals surface area contributed by atoms with Crippen LogP contribution in [0.3, 0.4) is 0 Å². The summed E-state index contributed by atoms with van der Waals surface area (Å²) in [4.78, 5) is 39.6. The fourth-order valence-corrected chi connectivity index (χ4v) is 5.08. The molecule has 6 N–H and O–H groups in total. The van der Waals surface area contributed by atoms with E-state index in [4.69, 9.17) is 9.47 Å². The molecule has 16 heteroatoms. The van der Waals surface area contributed by atoms with Gasteiger partial charge in [0.1, 0.15) is 23.1 Å². The van der Waals surface area contributed by atoms with Crippen LogP contribution in [0.25, 0.3) is 22.1 Å². The van der Waals surface area contributed by atoms with Crippen LogP contribution >= 0.6 is 0 Å². The predicted octanol–water partition coefficient (Wildman–Crippen LogP) is 8.22. The maximum absolute atomic E-state index is 15.0. The molecule has 7 aromatic rings. The van der Waals surface area contributed by atoms with Gasteiger partial charge in [0.05, 0.1) is 35.2 Å². The van der Waals surface area contributed by atoms with Gasteiger partial charge in [0.25, 0.3) is 0 Å². The first-order chi connectivity index (χ1) is 25.2. The summed E-state index contributed by atoms with van der Waals surface area (Å²) in [6, 6.07) is 24.1. The van der Waals surface area contributed by atoms with Gasteiger partial charge in [-0.3, -0.25) is 0 Å². The molecule has 0 unspecified atom stereocenters. The Hall–Kier alpha value is -7.10. The molecule has 0 saturated heterocycles. The van der Waals surface area contributed by atoms with Crippen molar-refractivity contribution >= 4 is 45.5 Å². The zero-order valence-electron chi connectivity index (χ0n) is 26.7. The van der Waals surface area contributed by atoms with E-state index in [1.807, 2.05) is 48.5 Å². The number of rotatable bonds is 10. The molecule has 0 aliphatic rings. The number of benzene rings is 5. The Kier molecular flexibility index (Phi) is 9.25. The quantitative estimate of drug-likeness (QED) is 0.0620. The number of para-hydroxylation sites is 4. The molecule has 4 amide bonds. The number of urea groups is 2. The lowest BCUT2D eigenvalue weighted by Gasteiger charge is -2.14. The van der Waals surface area contributed by atoms with Crippen molar-refractivity contribution in [3.8, 4) is 23.0 Å². The zero-order chi connectivity index (χ0) is 36.2. The number of carbonyl (C=O) groups is 2. The number of imidazole rings is 2. The third kappa shape index (κ3) is 7.40. The molecular weight excluding hydrogens is 684 g/mol. The molecule has 5 aromatic carbocycles. The van der Waals surface area contributed by atoms with E-state index in [0.717, 1.165) is 22.1 Å². The van der Waals surface area contributed by atoms with Gasteiger partial charge in [0.2, 0.25) is 34.8 Å². The Balaban J connectivity index is 0.931. The minimum Gasteiger partial charge on any atom is -0.451 e. The number of carbonyl (C=O) groups excluding carboxylic acids is 2. The van der Waals surface area contributed by atoms with Gasteiger partial charge in [-0.25, -0.2) is 19.6 Å². The second-order valence-electron chi connectivity index (χ2n) is 11.2. The lowest BCUT2D eigenvalue weighted by Crippen LogP contribution is -2.28. The van der Waals surface area contributed by atoms with E-state index in [1.54, 1.807) is 0 Å². The number of aromatic nitrogens is 4. The molecule has 0 saturated carbocycles. The molecule has 0 aliphatic heterocycles. The van der Waals surface area contributed by atoms with E-state index in [9.17, 15) is 27.2 Å². The molecule has 12 nitrogen and oxygen atoms in total. The van der Waals surface area contributed by atoms with E-state index in [-0.39, 0.29) is 24.6 Å². The molecule has 2 aromatic heterocycles. The molecule has 52 heavy (non-hydrogen) atoms. The Morgan fingerprint density at radius 1 is 0.538 bits per heavy atom. The molecule has 0 spiro atoms. The summed E-state index contributed by atoms with van der Waals surface area (Å²) < 4.78 is 70.2. The van der Waals surface area contributed by atoms with Gasteiger partial charge >= 0.3 is 12.1 Å². The van der Waals surface area contributed by atoms with Gasteiger partial charge in [0, 0.05) is 11.4 Å². The van der Waals surface area contributed by atoms with E-state index in [0.29, 0.717) is 23.0 Å². The van der Waals surface area contributed by atoms with Gasteiger partial charge in [0.15, 0.2) is 0 Å². The number of anilines is 2. The van der Waals surface area contributed by atoms with Crippen LogP contribution < -0.4 is 30.7 Å². The van der Waals surface area contributed by atoms with Crippen molar-refractivity contribution in [2.75, 3.05) is 10.6 Å². The number of fused-ring (bicyclic) bond motifs is 2. The van der Waals surface area contributed by atoms with Crippen LogP contribution in [0.5, 0.6) is 23.0 Å². The number of ether oxygens (including phenoxy) is 2. The second-order valence-corrected chi connectivity index (χ2v) is 11.2. The topological polar surface area (TPSA) is 158 Å². The van der Waals surface area contributed by atoms with Gasteiger partial charge in [-0.1, -0.05) is 24.3 Å². The van der Waals surface area contributed by atoms with Crippen molar-refractivity contribution in [3.05, 3.63) is 132 Å². The van der Waals surface area contributed by atoms with Crippen molar-refractivity contribution in [1.29, 1.82) is 0 Å². The van der Waals surface area contributed by atoms with Crippen LogP contribution in [0.4, 0.5) is 38.5 Å². The predicted molar refractivity (Wildman–Crippen MR) is 183 cm³/mol. The van der Waals surface area contributed by atoms with Crippen LogP contribution in [0.1, 0.15) is 11.6 Å². The highest BCUT2D eigenvalue weighted by molar-refractivity contribution is 5.90. The summed E-state index contributed by atoms with van der Waals surface area (Å²) in [5.74, 6) is -9.26. The van der Waals surface area contributed by atoms with E-state index >= 15 is 0 Å². The molecule has 0 aliphatic carbocycles. The molecule has 2 heterocycles. The van der Waals surface area contributed by atoms with Gasteiger partial charge in [-0.15, -0.1) is 0 Å². The zero-order valence-corrected chi connectivity index (χ0v) is 26.7. The third-order valence-electron chi connectivity index (χ3n) is 7.56. The lowest BCUT2D eigenvalue weighted by molar-refractivity contribution is 0.250. The van der Waals surface area contributed by atoms with Crippen LogP contribution in [-0.2, 0) is 13.1 Å². The number of hydrogen-bond donors (Lipinski definition) is 6. The van der Waals surface area contributed by atoms with Crippen LogP contribution in [0.15, 0.2) is 97.1 Å². The molecular formula is C36H26F4N8O4. The number of nitrogens with one attached hydrogen (secondary N) is 6. The summed E-state index contributed by atoms with van der Waals surface area (Å²) in [5.41, 5.74) is 3.74. The maximum Gasteiger partial charge on any atom is 0.319 e. The fourth-order valence-electron chi connectivity index (χ4n) is 5.08. The smallest absolute Gasteiger partial charge is 0.319 e. The number of hydrogen-bond acceptors (Lipinski definition) is 6. The summed E-state index contributed by atoms with van der Waals surface area (Å²) in [6.45, 7) is 0.231. The second kappa shape index (κ2) is 14.4. The highest BCUT2D eigenvalue weighted by Gasteiger charge is 2.29. The van der Waals surface area contributed by atoms with Gasteiger partial charge in [-0.2, -0.15) is 17.6 Å². The normalized spacial score (nSPS) is 11.0. The van der Waals surface area contributed by atoms with Gasteiger partial charge < -0.3 is 40.7 Å². The Morgan fingerprint density at radius 2 is 0.904 bits per heavy atom. The van der Waals surface area contributed by atoms with Crippen LogP contribution in [0, 0.1) is 23.3 Å². The Morgan fingerprint density at radius 3 is 1.27 bits per heavy atom. The van der Waals surface area contributed by atoms with E-state index in [2.05, 4.69) is 41.2 Å². The lowest BCUT2D eigenvalue weighted by atomic mass is 10.2. The largest absolute Gasteiger partial charge is 0.451 e. The maximum atomic E-state index is 15.0. The molecule has 0 radical (unpaired) electrons. The number of H-pyrrole nitrogens is 2. The number of nitrogens with zero attached hydrogens (tertiary/aromatic N) is 2. The SMILES string of the molecule is O=C(NCc1nc2ccccc2[nH]1)Nc1ccc(Oc2c(F)c(F)c(Oc3ccc(NC(=O)NCc4nc5ccccc5[nH]4)cc3)c(F)c2F)cc1. The minimum atomic E-state index is -1.83. The summed E-state index contributed by atoms with van der Waals surface area (Å²) in [5, 5.41) is 10.4.